The van der Waals surface area contributed by atoms with Crippen molar-refractivity contribution in [3.63, 3.8) is 0 Å². The van der Waals surface area contributed by atoms with Crippen LogP contribution in [-0.4, -0.2) is 19.1 Å². The van der Waals surface area contributed by atoms with Gasteiger partial charge in [-0.3, -0.25) is 0 Å². The van der Waals surface area contributed by atoms with Crippen LogP contribution in [-0.2, 0) is 11.2 Å². The van der Waals surface area contributed by atoms with Crippen LogP contribution in [0.15, 0.2) is 10.5 Å². The number of anilines is 1. The first-order chi connectivity index (χ1) is 7.54. The highest BCUT2D eigenvalue weighted by molar-refractivity contribution is 9.10. The minimum Gasteiger partial charge on any atom is -0.465 e. The molecule has 0 amide bonds. The Morgan fingerprint density at radius 2 is 2.38 bits per heavy atom. The van der Waals surface area contributed by atoms with Crippen LogP contribution in [0, 0.1) is 5.82 Å². The summed E-state index contributed by atoms with van der Waals surface area (Å²) in [5.74, 6) is -0.959. The molecule has 2 rings (SSSR count). The quantitative estimate of drug-likeness (QED) is 0.807. The minimum absolute atomic E-state index is 0.191. The third-order valence-corrected chi connectivity index (χ3v) is 3.48. The predicted molar refractivity (Wildman–Crippen MR) is 62.2 cm³/mol. The minimum atomic E-state index is -0.524. The summed E-state index contributed by atoms with van der Waals surface area (Å²) >= 11 is 3.20. The van der Waals surface area contributed by atoms with Crippen molar-refractivity contribution >= 4 is 27.6 Å². The van der Waals surface area contributed by atoms with Crippen molar-refractivity contribution in [2.75, 3.05) is 12.4 Å². The first kappa shape index (κ1) is 11.4. The molecule has 1 heterocycles. The lowest BCUT2D eigenvalue weighted by molar-refractivity contribution is 0.0601. The Bertz CT molecular complexity index is 462. The lowest BCUT2D eigenvalue weighted by Gasteiger charge is -2.09. The van der Waals surface area contributed by atoms with E-state index in [-0.39, 0.29) is 11.6 Å². The molecule has 1 aliphatic rings. The topological polar surface area (TPSA) is 38.3 Å². The molecule has 0 bridgehead atoms. The molecular weight excluding hydrogens is 277 g/mol. The number of rotatable bonds is 1. The number of methoxy groups -OCH3 is 1. The summed E-state index contributed by atoms with van der Waals surface area (Å²) in [4.78, 5) is 11.5. The second kappa shape index (κ2) is 4.05. The molecular formula is C11H11BrFNO2. The Morgan fingerprint density at radius 1 is 1.69 bits per heavy atom. The Morgan fingerprint density at radius 3 is 3.00 bits per heavy atom. The third kappa shape index (κ3) is 1.69. The van der Waals surface area contributed by atoms with Crippen molar-refractivity contribution in [2.45, 2.75) is 19.4 Å². The maximum atomic E-state index is 13.6. The molecule has 5 heteroatoms. The maximum absolute atomic E-state index is 13.6. The zero-order valence-electron chi connectivity index (χ0n) is 8.93. The molecule has 1 aliphatic heterocycles. The Labute approximate surface area is 101 Å². The highest BCUT2D eigenvalue weighted by Crippen LogP contribution is 2.37. The number of halogens is 2. The van der Waals surface area contributed by atoms with Gasteiger partial charge in [0.05, 0.1) is 22.8 Å². The summed E-state index contributed by atoms with van der Waals surface area (Å²) in [5.41, 5.74) is 1.73. The van der Waals surface area contributed by atoms with E-state index in [1.54, 1.807) is 0 Å². The van der Waals surface area contributed by atoms with E-state index >= 15 is 0 Å². The number of ether oxygens (including phenoxy) is 1. The van der Waals surface area contributed by atoms with Crippen LogP contribution in [0.4, 0.5) is 10.1 Å². The second-order valence-electron chi connectivity index (χ2n) is 3.81. The summed E-state index contributed by atoms with van der Waals surface area (Å²) < 4.78 is 18.6. The Kier molecular flexibility index (Phi) is 2.88. The van der Waals surface area contributed by atoms with Gasteiger partial charge in [0.15, 0.2) is 0 Å². The number of nitrogens with one attached hydrogen (secondary N) is 1. The van der Waals surface area contributed by atoms with Crippen molar-refractivity contribution in [1.29, 1.82) is 0 Å². The van der Waals surface area contributed by atoms with Gasteiger partial charge >= 0.3 is 5.97 Å². The number of hydrogen-bond donors (Lipinski definition) is 1. The molecule has 1 aromatic rings. The number of carbonyl (C=O) groups is 1. The van der Waals surface area contributed by atoms with Crippen molar-refractivity contribution in [2.24, 2.45) is 0 Å². The number of carbonyl (C=O) groups excluding carboxylic acids is 1. The zero-order chi connectivity index (χ0) is 11.9. The van der Waals surface area contributed by atoms with Gasteiger partial charge in [0.1, 0.15) is 5.82 Å². The van der Waals surface area contributed by atoms with E-state index in [1.165, 1.54) is 13.2 Å². The van der Waals surface area contributed by atoms with Crippen LogP contribution in [0.1, 0.15) is 22.8 Å². The monoisotopic (exact) mass is 287 g/mol. The SMILES string of the molecule is COC(=O)c1cc(F)c(Br)c2c1NC(C)C2. The summed E-state index contributed by atoms with van der Waals surface area (Å²) in [7, 11) is 1.28. The van der Waals surface area contributed by atoms with E-state index in [4.69, 9.17) is 0 Å². The number of fused-ring (bicyclic) bond motifs is 1. The van der Waals surface area contributed by atoms with Gasteiger partial charge in [-0.05, 0) is 40.9 Å². The highest BCUT2D eigenvalue weighted by Gasteiger charge is 2.27. The molecule has 86 valence electrons. The normalized spacial score (nSPS) is 17.9. The van der Waals surface area contributed by atoms with Crippen molar-refractivity contribution in [3.05, 3.63) is 27.5 Å². The maximum Gasteiger partial charge on any atom is 0.340 e. The average Bonchev–Trinajstić information content (AvgIpc) is 2.64. The molecule has 0 aromatic heterocycles. The van der Waals surface area contributed by atoms with Gasteiger partial charge in [0.25, 0.3) is 0 Å². The van der Waals surface area contributed by atoms with E-state index in [0.717, 1.165) is 5.56 Å². The molecule has 0 spiro atoms. The number of esters is 1. The molecule has 16 heavy (non-hydrogen) atoms. The van der Waals surface area contributed by atoms with E-state index in [0.29, 0.717) is 16.6 Å². The molecule has 0 radical (unpaired) electrons. The third-order valence-electron chi connectivity index (χ3n) is 2.62. The molecule has 1 atom stereocenters. The summed E-state index contributed by atoms with van der Waals surface area (Å²) in [6.07, 6.45) is 0.692. The van der Waals surface area contributed by atoms with Crippen LogP contribution >= 0.6 is 15.9 Å². The van der Waals surface area contributed by atoms with Gasteiger partial charge in [-0.1, -0.05) is 0 Å². The average molecular weight is 288 g/mol. The molecule has 0 saturated heterocycles. The van der Waals surface area contributed by atoms with Gasteiger partial charge in [0, 0.05) is 6.04 Å². The molecule has 0 aliphatic carbocycles. The van der Waals surface area contributed by atoms with Crippen LogP contribution in [0.3, 0.4) is 0 Å². The van der Waals surface area contributed by atoms with E-state index < -0.39 is 11.8 Å². The smallest absolute Gasteiger partial charge is 0.340 e. The Balaban J connectivity index is 2.61. The van der Waals surface area contributed by atoms with Gasteiger partial charge in [-0.2, -0.15) is 0 Å². The fraction of sp³-hybridized carbons (Fsp3) is 0.364. The van der Waals surface area contributed by atoms with Gasteiger partial charge in [-0.25, -0.2) is 9.18 Å². The first-order valence-electron chi connectivity index (χ1n) is 4.90. The van der Waals surface area contributed by atoms with Crippen LogP contribution in [0.25, 0.3) is 0 Å². The van der Waals surface area contributed by atoms with Crippen molar-refractivity contribution in [1.82, 2.24) is 0 Å². The van der Waals surface area contributed by atoms with Crippen LogP contribution < -0.4 is 5.32 Å². The number of benzene rings is 1. The van der Waals surface area contributed by atoms with E-state index in [2.05, 4.69) is 26.0 Å². The largest absolute Gasteiger partial charge is 0.465 e. The number of hydrogen-bond acceptors (Lipinski definition) is 3. The van der Waals surface area contributed by atoms with Crippen LogP contribution in [0.5, 0.6) is 0 Å². The lowest BCUT2D eigenvalue weighted by atomic mass is 10.1. The Hall–Kier alpha value is -1.10. The lowest BCUT2D eigenvalue weighted by Crippen LogP contribution is -2.11. The summed E-state index contributed by atoms with van der Waals surface area (Å²) in [5, 5.41) is 3.15. The van der Waals surface area contributed by atoms with Crippen molar-refractivity contribution < 1.29 is 13.9 Å². The standard InChI is InChI=1S/C11H11BrFNO2/c1-5-3-6-9(12)8(13)4-7(10(6)14-5)11(15)16-2/h4-5,14H,3H2,1-2H3. The molecule has 1 aromatic carbocycles. The van der Waals surface area contributed by atoms with E-state index in [9.17, 15) is 9.18 Å². The predicted octanol–water partition coefficient (Wildman–Crippen LogP) is 2.73. The second-order valence-corrected chi connectivity index (χ2v) is 4.61. The molecule has 0 saturated carbocycles. The zero-order valence-corrected chi connectivity index (χ0v) is 10.5. The summed E-state index contributed by atoms with van der Waals surface area (Å²) in [6, 6.07) is 1.39. The molecule has 1 N–H and O–H groups in total. The van der Waals surface area contributed by atoms with Gasteiger partial charge < -0.3 is 10.1 Å². The summed E-state index contributed by atoms with van der Waals surface area (Å²) in [6.45, 7) is 1.98. The molecule has 0 fully saturated rings. The first-order valence-corrected chi connectivity index (χ1v) is 5.69. The van der Waals surface area contributed by atoms with Crippen molar-refractivity contribution in [3.8, 4) is 0 Å². The highest BCUT2D eigenvalue weighted by atomic mass is 79.9. The molecule has 3 nitrogen and oxygen atoms in total. The molecule has 1 unspecified atom stereocenters. The van der Waals surface area contributed by atoms with Gasteiger partial charge in [-0.15, -0.1) is 0 Å². The fourth-order valence-electron chi connectivity index (χ4n) is 1.91. The fourth-order valence-corrected chi connectivity index (χ4v) is 2.38. The van der Waals surface area contributed by atoms with Gasteiger partial charge in [0.2, 0.25) is 0 Å². The van der Waals surface area contributed by atoms with Crippen LogP contribution in [0.2, 0.25) is 0 Å². The van der Waals surface area contributed by atoms with E-state index in [1.807, 2.05) is 6.92 Å².